The van der Waals surface area contributed by atoms with Crippen LogP contribution in [0.5, 0.6) is 0 Å². The molecule has 0 aliphatic rings. The molecule has 0 radical (unpaired) electrons. The van der Waals surface area contributed by atoms with Gasteiger partial charge in [-0.1, -0.05) is 29.8 Å². The largest absolute Gasteiger partial charge is 0.342 e. The van der Waals surface area contributed by atoms with Crippen LogP contribution in [0.25, 0.3) is 0 Å². The fraction of sp³-hybridized carbons (Fsp3) is 0.533. The van der Waals surface area contributed by atoms with Crippen LogP contribution in [0.2, 0.25) is 0 Å². The highest BCUT2D eigenvalue weighted by atomic mass is 16.2. The average molecular weight is 248 g/mol. The second-order valence-electron chi connectivity index (χ2n) is 4.73. The Morgan fingerprint density at radius 1 is 1.22 bits per heavy atom. The normalized spacial score (nSPS) is 10.7. The highest BCUT2D eigenvalue weighted by molar-refractivity contribution is 5.78. The zero-order valence-electron chi connectivity index (χ0n) is 11.9. The molecule has 0 saturated heterocycles. The smallest absolute Gasteiger partial charge is 0.236 e. The molecule has 0 spiro atoms. The number of carbonyl (C=O) groups is 1. The first kappa shape index (κ1) is 14.7. The van der Waals surface area contributed by atoms with Gasteiger partial charge in [-0.25, -0.2) is 0 Å². The molecule has 0 heterocycles. The fourth-order valence-corrected chi connectivity index (χ4v) is 2.09. The first-order valence-corrected chi connectivity index (χ1v) is 6.58. The van der Waals surface area contributed by atoms with Gasteiger partial charge in [0.05, 0.1) is 6.54 Å². The molecule has 1 rings (SSSR count). The van der Waals surface area contributed by atoms with Gasteiger partial charge in [0.15, 0.2) is 0 Å². The standard InChI is InChI=1S/C15H24N2O/c1-5-17(6-2)15(18)12-16(4)11-14-9-7-8-13(3)10-14/h7-10H,5-6,11-12H2,1-4H3. The maximum Gasteiger partial charge on any atom is 0.236 e. The molecule has 1 amide bonds. The Bertz CT molecular complexity index is 386. The van der Waals surface area contributed by atoms with Crippen LogP contribution in [0.3, 0.4) is 0 Å². The van der Waals surface area contributed by atoms with Crippen molar-refractivity contribution in [3.8, 4) is 0 Å². The molecule has 0 N–H and O–H groups in total. The van der Waals surface area contributed by atoms with E-state index in [0.717, 1.165) is 19.6 Å². The third-order valence-corrected chi connectivity index (χ3v) is 3.06. The Balaban J connectivity index is 2.51. The number of hydrogen-bond acceptors (Lipinski definition) is 2. The molecule has 1 aromatic rings. The third-order valence-electron chi connectivity index (χ3n) is 3.06. The third kappa shape index (κ3) is 4.49. The van der Waals surface area contributed by atoms with Gasteiger partial charge in [-0.05, 0) is 33.4 Å². The van der Waals surface area contributed by atoms with Gasteiger partial charge < -0.3 is 4.90 Å². The molecule has 0 aliphatic carbocycles. The number of likely N-dealkylation sites (N-methyl/N-ethyl adjacent to an activating group) is 2. The number of aryl methyl sites for hydroxylation is 1. The minimum absolute atomic E-state index is 0.204. The quantitative estimate of drug-likeness (QED) is 0.771. The molecule has 0 aromatic heterocycles. The molecule has 3 heteroatoms. The predicted octanol–water partition coefficient (Wildman–Crippen LogP) is 2.30. The van der Waals surface area contributed by atoms with E-state index in [1.807, 2.05) is 25.8 Å². The van der Waals surface area contributed by atoms with E-state index < -0.39 is 0 Å². The van der Waals surface area contributed by atoms with Crippen LogP contribution in [0.4, 0.5) is 0 Å². The molecule has 0 bridgehead atoms. The SMILES string of the molecule is CCN(CC)C(=O)CN(C)Cc1cccc(C)c1. The summed E-state index contributed by atoms with van der Waals surface area (Å²) in [6, 6.07) is 8.42. The summed E-state index contributed by atoms with van der Waals surface area (Å²) in [5.41, 5.74) is 2.51. The van der Waals surface area contributed by atoms with Crippen LogP contribution in [0, 0.1) is 6.92 Å². The van der Waals surface area contributed by atoms with Gasteiger partial charge in [-0.15, -0.1) is 0 Å². The minimum atomic E-state index is 0.204. The Kier molecular flexibility index (Phi) is 5.86. The first-order valence-electron chi connectivity index (χ1n) is 6.58. The van der Waals surface area contributed by atoms with Crippen molar-refractivity contribution in [2.75, 3.05) is 26.7 Å². The Morgan fingerprint density at radius 2 is 1.89 bits per heavy atom. The van der Waals surface area contributed by atoms with Crippen LogP contribution in [-0.2, 0) is 11.3 Å². The van der Waals surface area contributed by atoms with Crippen molar-refractivity contribution < 1.29 is 4.79 Å². The number of nitrogens with zero attached hydrogens (tertiary/aromatic N) is 2. The lowest BCUT2D eigenvalue weighted by molar-refractivity contribution is -0.131. The van der Waals surface area contributed by atoms with Crippen LogP contribution in [0.1, 0.15) is 25.0 Å². The van der Waals surface area contributed by atoms with Gasteiger partial charge in [-0.2, -0.15) is 0 Å². The summed E-state index contributed by atoms with van der Waals surface area (Å²) >= 11 is 0. The number of hydrogen-bond donors (Lipinski definition) is 0. The summed E-state index contributed by atoms with van der Waals surface area (Å²) < 4.78 is 0. The maximum atomic E-state index is 12.0. The minimum Gasteiger partial charge on any atom is -0.342 e. The number of amides is 1. The van der Waals surface area contributed by atoms with Gasteiger partial charge in [0.1, 0.15) is 0 Å². The van der Waals surface area contributed by atoms with Crippen molar-refractivity contribution in [2.45, 2.75) is 27.3 Å². The number of carbonyl (C=O) groups excluding carboxylic acids is 1. The topological polar surface area (TPSA) is 23.6 Å². The van der Waals surface area contributed by atoms with Gasteiger partial charge >= 0.3 is 0 Å². The second-order valence-corrected chi connectivity index (χ2v) is 4.73. The molecule has 18 heavy (non-hydrogen) atoms. The zero-order chi connectivity index (χ0) is 13.5. The summed E-state index contributed by atoms with van der Waals surface area (Å²) in [6.07, 6.45) is 0. The lowest BCUT2D eigenvalue weighted by Gasteiger charge is -2.23. The van der Waals surface area contributed by atoms with Gasteiger partial charge in [0.2, 0.25) is 5.91 Å². The summed E-state index contributed by atoms with van der Waals surface area (Å²) in [5, 5.41) is 0. The average Bonchev–Trinajstić information content (AvgIpc) is 2.30. The molecule has 0 saturated carbocycles. The Labute approximate surface area is 110 Å². The molecule has 1 aromatic carbocycles. The highest BCUT2D eigenvalue weighted by Gasteiger charge is 2.12. The summed E-state index contributed by atoms with van der Waals surface area (Å²) in [6.45, 7) is 8.99. The van der Waals surface area contributed by atoms with Crippen LogP contribution < -0.4 is 0 Å². The van der Waals surface area contributed by atoms with Crippen LogP contribution >= 0.6 is 0 Å². The number of benzene rings is 1. The predicted molar refractivity (Wildman–Crippen MR) is 75.4 cm³/mol. The van der Waals surface area contributed by atoms with E-state index in [1.54, 1.807) is 0 Å². The van der Waals surface area contributed by atoms with Crippen molar-refractivity contribution in [1.82, 2.24) is 9.80 Å². The summed E-state index contributed by atoms with van der Waals surface area (Å²) in [5.74, 6) is 0.204. The zero-order valence-corrected chi connectivity index (χ0v) is 11.9. The van der Waals surface area contributed by atoms with Crippen LogP contribution in [0.15, 0.2) is 24.3 Å². The van der Waals surface area contributed by atoms with E-state index in [2.05, 4.69) is 36.1 Å². The molecule has 0 atom stereocenters. The monoisotopic (exact) mass is 248 g/mol. The van der Waals surface area contributed by atoms with E-state index in [9.17, 15) is 4.79 Å². The van der Waals surface area contributed by atoms with Gasteiger partial charge in [0.25, 0.3) is 0 Å². The van der Waals surface area contributed by atoms with E-state index >= 15 is 0 Å². The lowest BCUT2D eigenvalue weighted by atomic mass is 10.1. The fourth-order valence-electron chi connectivity index (χ4n) is 2.09. The lowest BCUT2D eigenvalue weighted by Crippen LogP contribution is -2.38. The van der Waals surface area contributed by atoms with E-state index in [4.69, 9.17) is 0 Å². The van der Waals surface area contributed by atoms with E-state index in [0.29, 0.717) is 6.54 Å². The molecule has 0 fully saturated rings. The molecular formula is C15H24N2O. The van der Waals surface area contributed by atoms with E-state index in [1.165, 1.54) is 11.1 Å². The molecule has 0 aliphatic heterocycles. The van der Waals surface area contributed by atoms with Crippen molar-refractivity contribution >= 4 is 5.91 Å². The van der Waals surface area contributed by atoms with Crippen molar-refractivity contribution in [3.05, 3.63) is 35.4 Å². The van der Waals surface area contributed by atoms with E-state index in [-0.39, 0.29) is 5.91 Å². The Hall–Kier alpha value is -1.35. The summed E-state index contributed by atoms with van der Waals surface area (Å²) in [4.78, 5) is 15.9. The van der Waals surface area contributed by atoms with Crippen molar-refractivity contribution in [2.24, 2.45) is 0 Å². The number of rotatable bonds is 6. The molecular weight excluding hydrogens is 224 g/mol. The van der Waals surface area contributed by atoms with Crippen LogP contribution in [-0.4, -0.2) is 42.4 Å². The van der Waals surface area contributed by atoms with Gasteiger partial charge in [-0.3, -0.25) is 9.69 Å². The molecule has 0 unspecified atom stereocenters. The molecule has 100 valence electrons. The Morgan fingerprint density at radius 3 is 2.44 bits per heavy atom. The molecule has 3 nitrogen and oxygen atoms in total. The first-order chi connectivity index (χ1) is 8.56. The van der Waals surface area contributed by atoms with Gasteiger partial charge in [0, 0.05) is 19.6 Å². The summed E-state index contributed by atoms with van der Waals surface area (Å²) in [7, 11) is 1.99. The van der Waals surface area contributed by atoms with Crippen molar-refractivity contribution in [1.29, 1.82) is 0 Å². The van der Waals surface area contributed by atoms with Crippen molar-refractivity contribution in [3.63, 3.8) is 0 Å². The highest BCUT2D eigenvalue weighted by Crippen LogP contribution is 2.06. The second kappa shape index (κ2) is 7.17. The maximum absolute atomic E-state index is 12.0.